The van der Waals surface area contributed by atoms with Crippen molar-refractivity contribution in [2.45, 2.75) is 38.6 Å². The Labute approximate surface area is 133 Å². The van der Waals surface area contributed by atoms with Gasteiger partial charge in [-0.25, -0.2) is 9.18 Å². The van der Waals surface area contributed by atoms with Gasteiger partial charge in [0.1, 0.15) is 5.82 Å². The molecule has 2 amide bonds. The summed E-state index contributed by atoms with van der Waals surface area (Å²) in [7, 11) is 0. The zero-order valence-corrected chi connectivity index (χ0v) is 12.9. The summed E-state index contributed by atoms with van der Waals surface area (Å²) in [6.07, 6.45) is 3.47. The van der Waals surface area contributed by atoms with E-state index >= 15 is 0 Å². The predicted molar refractivity (Wildman–Crippen MR) is 82.4 cm³/mol. The van der Waals surface area contributed by atoms with Gasteiger partial charge < -0.3 is 10.2 Å². The number of H-pyrrole nitrogens is 1. The number of hydrogen-bond donors (Lipinski definition) is 2. The lowest BCUT2D eigenvalue weighted by atomic mass is 9.99. The van der Waals surface area contributed by atoms with Crippen molar-refractivity contribution >= 4 is 11.7 Å². The average Bonchev–Trinajstić information content (AvgIpc) is 3.05. The van der Waals surface area contributed by atoms with Crippen molar-refractivity contribution in [3.05, 3.63) is 35.4 Å². The molecule has 0 bridgehead atoms. The summed E-state index contributed by atoms with van der Waals surface area (Å²) in [5.74, 6) is 0.265. The van der Waals surface area contributed by atoms with E-state index in [1.165, 1.54) is 6.07 Å². The Bertz CT molecular complexity index is 675. The van der Waals surface area contributed by atoms with Crippen LogP contribution in [0, 0.1) is 12.7 Å². The molecule has 0 aliphatic carbocycles. The molecule has 0 spiro atoms. The number of tetrazole rings is 1. The molecule has 1 saturated heterocycles. The maximum absolute atomic E-state index is 13.6. The summed E-state index contributed by atoms with van der Waals surface area (Å²) in [5.41, 5.74) is 0.937. The number of hydrogen-bond acceptors (Lipinski definition) is 4. The van der Waals surface area contributed by atoms with Crippen molar-refractivity contribution in [1.82, 2.24) is 25.5 Å². The van der Waals surface area contributed by atoms with E-state index in [1.807, 2.05) is 0 Å². The molecule has 0 radical (unpaired) electrons. The second-order valence-electron chi connectivity index (χ2n) is 5.72. The van der Waals surface area contributed by atoms with Gasteiger partial charge >= 0.3 is 6.03 Å². The summed E-state index contributed by atoms with van der Waals surface area (Å²) in [6.45, 7) is 2.32. The van der Waals surface area contributed by atoms with Gasteiger partial charge in [0.2, 0.25) is 0 Å². The van der Waals surface area contributed by atoms with E-state index in [1.54, 1.807) is 24.0 Å². The van der Waals surface area contributed by atoms with Gasteiger partial charge in [-0.15, -0.1) is 10.2 Å². The van der Waals surface area contributed by atoms with Crippen molar-refractivity contribution < 1.29 is 9.18 Å². The number of carbonyl (C=O) groups is 1. The third-order valence-electron chi connectivity index (χ3n) is 4.20. The maximum atomic E-state index is 13.6. The highest BCUT2D eigenvalue weighted by Crippen LogP contribution is 2.22. The molecule has 2 aromatic rings. The van der Waals surface area contributed by atoms with E-state index in [4.69, 9.17) is 0 Å². The van der Waals surface area contributed by atoms with E-state index in [2.05, 4.69) is 25.9 Å². The van der Waals surface area contributed by atoms with Gasteiger partial charge in [0.05, 0.1) is 0 Å². The molecule has 1 aromatic heterocycles. The Balaban J connectivity index is 1.72. The van der Waals surface area contributed by atoms with Crippen LogP contribution in [0.3, 0.4) is 0 Å². The van der Waals surface area contributed by atoms with Crippen LogP contribution in [0.5, 0.6) is 0 Å². The SMILES string of the molecule is Cc1c(F)cccc1NC(=O)N1CCCCC1Cc1nn[nH]n1. The summed E-state index contributed by atoms with van der Waals surface area (Å²) < 4.78 is 13.6. The van der Waals surface area contributed by atoms with Gasteiger partial charge in [0.15, 0.2) is 5.82 Å². The van der Waals surface area contributed by atoms with Gasteiger partial charge in [-0.05, 0) is 38.3 Å². The molecule has 1 fully saturated rings. The normalized spacial score (nSPS) is 18.0. The number of nitrogens with one attached hydrogen (secondary N) is 2. The molecule has 2 heterocycles. The van der Waals surface area contributed by atoms with Gasteiger partial charge in [-0.2, -0.15) is 5.21 Å². The number of rotatable bonds is 3. The van der Waals surface area contributed by atoms with Gasteiger partial charge in [-0.1, -0.05) is 11.3 Å². The van der Waals surface area contributed by atoms with Gasteiger partial charge in [0.25, 0.3) is 0 Å². The first-order valence-electron chi connectivity index (χ1n) is 7.70. The number of likely N-dealkylation sites (tertiary alicyclic amines) is 1. The van der Waals surface area contributed by atoms with Crippen LogP contribution in [-0.2, 0) is 6.42 Å². The molecule has 23 heavy (non-hydrogen) atoms. The molecule has 1 aliphatic rings. The number of aromatic nitrogens is 4. The number of amides is 2. The number of anilines is 1. The standard InChI is InChI=1S/C15H19FN6O/c1-10-12(16)6-4-7-13(10)17-15(23)22-8-3-2-5-11(22)9-14-18-20-21-19-14/h4,6-7,11H,2-3,5,8-9H2,1H3,(H,17,23)(H,18,19,20,21). The topological polar surface area (TPSA) is 86.8 Å². The zero-order chi connectivity index (χ0) is 16.2. The monoisotopic (exact) mass is 318 g/mol. The number of carbonyl (C=O) groups excluding carboxylic acids is 1. The maximum Gasteiger partial charge on any atom is 0.322 e. The quantitative estimate of drug-likeness (QED) is 0.909. The molecular formula is C15H19FN6O. The highest BCUT2D eigenvalue weighted by Gasteiger charge is 2.28. The van der Waals surface area contributed by atoms with Crippen LogP contribution >= 0.6 is 0 Å². The average molecular weight is 318 g/mol. The van der Waals surface area contributed by atoms with Crippen molar-refractivity contribution in [2.24, 2.45) is 0 Å². The minimum atomic E-state index is -0.329. The minimum absolute atomic E-state index is 0.0233. The first kappa shape index (κ1) is 15.4. The van der Waals surface area contributed by atoms with Crippen LogP contribution in [0.15, 0.2) is 18.2 Å². The van der Waals surface area contributed by atoms with Crippen LogP contribution in [0.25, 0.3) is 0 Å². The number of piperidine rings is 1. The highest BCUT2D eigenvalue weighted by molar-refractivity contribution is 5.90. The Kier molecular flexibility index (Phi) is 4.50. The Morgan fingerprint density at radius 2 is 2.35 bits per heavy atom. The Morgan fingerprint density at radius 1 is 1.48 bits per heavy atom. The molecule has 7 nitrogen and oxygen atoms in total. The number of nitrogens with zero attached hydrogens (tertiary/aromatic N) is 4. The second-order valence-corrected chi connectivity index (χ2v) is 5.72. The van der Waals surface area contributed by atoms with E-state index in [-0.39, 0.29) is 17.9 Å². The van der Waals surface area contributed by atoms with Crippen LogP contribution in [0.2, 0.25) is 0 Å². The Hall–Kier alpha value is -2.51. The lowest BCUT2D eigenvalue weighted by Gasteiger charge is -2.35. The summed E-state index contributed by atoms with van der Waals surface area (Å²) >= 11 is 0. The molecule has 3 rings (SSSR count). The van der Waals surface area contributed by atoms with E-state index in [0.29, 0.717) is 30.0 Å². The summed E-state index contributed by atoms with van der Waals surface area (Å²) in [6, 6.07) is 4.48. The Morgan fingerprint density at radius 3 is 3.13 bits per heavy atom. The molecule has 1 aromatic carbocycles. The molecule has 0 saturated carbocycles. The molecular weight excluding hydrogens is 299 g/mol. The van der Waals surface area contributed by atoms with E-state index in [9.17, 15) is 9.18 Å². The summed E-state index contributed by atoms with van der Waals surface area (Å²) in [5, 5.41) is 16.7. The third-order valence-corrected chi connectivity index (χ3v) is 4.20. The fraction of sp³-hybridized carbons (Fsp3) is 0.467. The predicted octanol–water partition coefficient (Wildman–Crippen LogP) is 2.28. The molecule has 2 N–H and O–H groups in total. The van der Waals surface area contributed by atoms with E-state index < -0.39 is 0 Å². The van der Waals surface area contributed by atoms with Gasteiger partial charge in [-0.3, -0.25) is 0 Å². The smallest absolute Gasteiger partial charge is 0.321 e. The molecule has 122 valence electrons. The van der Waals surface area contributed by atoms with Crippen LogP contribution in [0.4, 0.5) is 14.9 Å². The van der Waals surface area contributed by atoms with E-state index in [0.717, 1.165) is 19.3 Å². The third kappa shape index (κ3) is 3.46. The second kappa shape index (κ2) is 6.72. The molecule has 1 atom stereocenters. The van der Waals surface area contributed by atoms with Crippen LogP contribution < -0.4 is 5.32 Å². The number of urea groups is 1. The first-order chi connectivity index (χ1) is 11.1. The molecule has 8 heteroatoms. The summed E-state index contributed by atoms with van der Waals surface area (Å²) in [4.78, 5) is 14.4. The number of benzene rings is 1. The highest BCUT2D eigenvalue weighted by atomic mass is 19.1. The lowest BCUT2D eigenvalue weighted by molar-refractivity contribution is 0.161. The largest absolute Gasteiger partial charge is 0.322 e. The fourth-order valence-electron chi connectivity index (χ4n) is 2.89. The first-order valence-corrected chi connectivity index (χ1v) is 7.70. The zero-order valence-electron chi connectivity index (χ0n) is 12.9. The molecule has 1 unspecified atom stereocenters. The van der Waals surface area contributed by atoms with Crippen molar-refractivity contribution in [2.75, 3.05) is 11.9 Å². The van der Waals surface area contributed by atoms with Crippen molar-refractivity contribution in [1.29, 1.82) is 0 Å². The number of aromatic amines is 1. The van der Waals surface area contributed by atoms with Crippen molar-refractivity contribution in [3.63, 3.8) is 0 Å². The number of halogens is 1. The van der Waals surface area contributed by atoms with Crippen LogP contribution in [-0.4, -0.2) is 44.1 Å². The fourth-order valence-corrected chi connectivity index (χ4v) is 2.89. The minimum Gasteiger partial charge on any atom is -0.321 e. The van der Waals surface area contributed by atoms with Crippen LogP contribution in [0.1, 0.15) is 30.7 Å². The van der Waals surface area contributed by atoms with Crippen molar-refractivity contribution in [3.8, 4) is 0 Å². The lowest BCUT2D eigenvalue weighted by Crippen LogP contribution is -2.47. The van der Waals surface area contributed by atoms with Gasteiger partial charge in [0, 0.05) is 30.3 Å². The molecule has 1 aliphatic heterocycles.